The molecular formula is C36H31F3N4O2. The first-order chi connectivity index (χ1) is 21.7. The van der Waals surface area contributed by atoms with E-state index in [2.05, 4.69) is 51.9 Å². The molecule has 0 atom stereocenters. The van der Waals surface area contributed by atoms with Crippen LogP contribution in [0.4, 0.5) is 24.5 Å². The van der Waals surface area contributed by atoms with E-state index < -0.39 is 17.6 Å². The second-order valence-corrected chi connectivity index (χ2v) is 11.1. The van der Waals surface area contributed by atoms with Gasteiger partial charge in [0.1, 0.15) is 5.69 Å². The van der Waals surface area contributed by atoms with Crippen molar-refractivity contribution < 1.29 is 22.8 Å². The number of hydrogen-bond acceptors (Lipinski definition) is 3. The fraction of sp³-hybridized carbons (Fsp3) is 0.167. The van der Waals surface area contributed by atoms with Crippen LogP contribution in [0.3, 0.4) is 0 Å². The van der Waals surface area contributed by atoms with Crippen molar-refractivity contribution in [1.29, 1.82) is 0 Å². The smallest absolute Gasteiger partial charge is 0.367 e. The van der Waals surface area contributed by atoms with Crippen LogP contribution < -0.4 is 15.5 Å². The molecule has 1 aliphatic rings. The van der Waals surface area contributed by atoms with Gasteiger partial charge in [0.15, 0.2) is 0 Å². The molecule has 2 N–H and O–H groups in total. The van der Waals surface area contributed by atoms with Crippen molar-refractivity contribution in [2.75, 3.05) is 16.8 Å². The number of aryl methyl sites for hydroxylation is 1. The average Bonchev–Trinajstić information content (AvgIpc) is 3.42. The van der Waals surface area contributed by atoms with Crippen LogP contribution in [0.1, 0.15) is 43.1 Å². The number of hydrogen-bond donors (Lipinski definition) is 2. The minimum absolute atomic E-state index is 0.292. The number of alkyl halides is 3. The zero-order valence-corrected chi connectivity index (χ0v) is 24.6. The van der Waals surface area contributed by atoms with Gasteiger partial charge in [0.05, 0.1) is 11.3 Å². The predicted octanol–water partition coefficient (Wildman–Crippen LogP) is 7.46. The Hall–Kier alpha value is -5.31. The topological polar surface area (TPSA) is 66.4 Å². The second-order valence-electron chi connectivity index (χ2n) is 11.1. The molecule has 0 aliphatic carbocycles. The van der Waals surface area contributed by atoms with Gasteiger partial charge in [0.25, 0.3) is 11.8 Å². The normalized spacial score (nSPS) is 12.8. The summed E-state index contributed by atoms with van der Waals surface area (Å²) in [7, 11) is 1.71. The SMILES string of the molecule is Cn1cc(NC(=O)c2ccccc2-c2ccc(C(F)(F)F)cc2)cc1C(=O)NCc1ccc(N2CCc3ccccc3C2)cc1. The van der Waals surface area contributed by atoms with E-state index in [1.165, 1.54) is 23.3 Å². The molecule has 1 aromatic heterocycles. The minimum Gasteiger partial charge on any atom is -0.367 e. The van der Waals surface area contributed by atoms with Crippen LogP contribution in [-0.4, -0.2) is 22.9 Å². The number of halogens is 3. The molecule has 0 bridgehead atoms. The molecule has 4 aromatic carbocycles. The first-order valence-corrected chi connectivity index (χ1v) is 14.6. The van der Waals surface area contributed by atoms with Crippen molar-refractivity contribution in [2.24, 2.45) is 7.05 Å². The molecule has 45 heavy (non-hydrogen) atoms. The highest BCUT2D eigenvalue weighted by Gasteiger charge is 2.30. The molecule has 228 valence electrons. The zero-order chi connectivity index (χ0) is 31.6. The Morgan fingerprint density at radius 1 is 0.822 bits per heavy atom. The van der Waals surface area contributed by atoms with Crippen LogP contribution >= 0.6 is 0 Å². The Morgan fingerprint density at radius 2 is 1.51 bits per heavy atom. The highest BCUT2D eigenvalue weighted by atomic mass is 19.4. The van der Waals surface area contributed by atoms with Crippen LogP contribution in [0.2, 0.25) is 0 Å². The molecule has 0 spiro atoms. The first kappa shape index (κ1) is 29.7. The Kier molecular flexibility index (Phi) is 8.17. The third-order valence-corrected chi connectivity index (χ3v) is 8.08. The third kappa shape index (κ3) is 6.62. The van der Waals surface area contributed by atoms with E-state index in [0.717, 1.165) is 42.9 Å². The number of anilines is 2. The standard InChI is InChI=1S/C36H31F3N4O2/c1-42-23-29(41-34(44)32-9-5-4-8-31(32)26-12-14-28(15-13-26)36(37,38)39)20-33(42)35(45)40-21-24-10-16-30(17-11-24)43-19-18-25-6-2-3-7-27(25)22-43/h2-17,20,23H,18-19,21-22H2,1H3,(H,40,45)(H,41,44). The highest BCUT2D eigenvalue weighted by Crippen LogP contribution is 2.32. The summed E-state index contributed by atoms with van der Waals surface area (Å²) in [6, 6.07) is 29.7. The summed E-state index contributed by atoms with van der Waals surface area (Å²) in [5, 5.41) is 5.76. The number of fused-ring (bicyclic) bond motifs is 1. The van der Waals surface area contributed by atoms with Gasteiger partial charge in [-0.2, -0.15) is 13.2 Å². The Labute approximate surface area is 259 Å². The van der Waals surface area contributed by atoms with E-state index >= 15 is 0 Å². The van der Waals surface area contributed by atoms with Crippen molar-refractivity contribution in [1.82, 2.24) is 9.88 Å². The molecule has 9 heteroatoms. The Balaban J connectivity index is 1.08. The Morgan fingerprint density at radius 3 is 2.24 bits per heavy atom. The summed E-state index contributed by atoms with van der Waals surface area (Å²) in [6.45, 7) is 2.18. The maximum Gasteiger partial charge on any atom is 0.416 e. The van der Waals surface area contributed by atoms with Crippen molar-refractivity contribution >= 4 is 23.2 Å². The summed E-state index contributed by atoms with van der Waals surface area (Å²) in [5.41, 5.74) is 6.15. The van der Waals surface area contributed by atoms with Gasteiger partial charge >= 0.3 is 6.18 Å². The average molecular weight is 609 g/mol. The molecule has 2 amide bonds. The van der Waals surface area contributed by atoms with Gasteiger partial charge in [-0.25, -0.2) is 0 Å². The highest BCUT2D eigenvalue weighted by molar-refractivity contribution is 6.09. The van der Waals surface area contributed by atoms with Crippen LogP contribution in [0, 0.1) is 0 Å². The van der Waals surface area contributed by atoms with Gasteiger partial charge < -0.3 is 20.1 Å². The minimum atomic E-state index is -4.45. The van der Waals surface area contributed by atoms with Crippen molar-refractivity contribution in [2.45, 2.75) is 25.7 Å². The lowest BCUT2D eigenvalue weighted by molar-refractivity contribution is -0.137. The summed E-state index contributed by atoms with van der Waals surface area (Å²) < 4.78 is 40.7. The van der Waals surface area contributed by atoms with Gasteiger partial charge in [-0.05, 0) is 70.6 Å². The number of carbonyl (C=O) groups excluding carboxylic acids is 2. The molecule has 5 aromatic rings. The molecule has 0 radical (unpaired) electrons. The van der Waals surface area contributed by atoms with Gasteiger partial charge in [0, 0.05) is 44.1 Å². The largest absolute Gasteiger partial charge is 0.416 e. The summed E-state index contributed by atoms with van der Waals surface area (Å²) >= 11 is 0. The molecule has 0 saturated heterocycles. The van der Waals surface area contributed by atoms with Gasteiger partial charge in [-0.3, -0.25) is 9.59 Å². The molecule has 1 aliphatic heterocycles. The lowest BCUT2D eigenvalue weighted by Crippen LogP contribution is -2.30. The predicted molar refractivity (Wildman–Crippen MR) is 169 cm³/mol. The molecule has 6 rings (SSSR count). The number of amides is 2. The molecule has 0 unspecified atom stereocenters. The molecule has 2 heterocycles. The lowest BCUT2D eigenvalue weighted by atomic mass is 9.98. The number of rotatable bonds is 7. The molecule has 0 fully saturated rings. The van der Waals surface area contributed by atoms with E-state index in [-0.39, 0.29) is 5.91 Å². The van der Waals surface area contributed by atoms with E-state index in [1.54, 1.807) is 48.1 Å². The lowest BCUT2D eigenvalue weighted by Gasteiger charge is -2.30. The fourth-order valence-electron chi connectivity index (χ4n) is 5.64. The van der Waals surface area contributed by atoms with Gasteiger partial charge in [-0.1, -0.05) is 66.7 Å². The molecular weight excluding hydrogens is 577 g/mol. The first-order valence-electron chi connectivity index (χ1n) is 14.6. The zero-order valence-electron chi connectivity index (χ0n) is 24.6. The second kappa shape index (κ2) is 12.4. The van der Waals surface area contributed by atoms with Crippen molar-refractivity contribution in [3.05, 3.63) is 143 Å². The Bertz CT molecular complexity index is 1840. The van der Waals surface area contributed by atoms with Crippen LogP contribution in [-0.2, 0) is 32.7 Å². The number of nitrogens with zero attached hydrogens (tertiary/aromatic N) is 2. The quantitative estimate of drug-likeness (QED) is 0.202. The van der Waals surface area contributed by atoms with Crippen molar-refractivity contribution in [3.8, 4) is 11.1 Å². The van der Waals surface area contributed by atoms with Crippen molar-refractivity contribution in [3.63, 3.8) is 0 Å². The summed E-state index contributed by atoms with van der Waals surface area (Å²) in [6.07, 6.45) is -1.80. The monoisotopic (exact) mass is 608 g/mol. The fourth-order valence-corrected chi connectivity index (χ4v) is 5.64. The van der Waals surface area contributed by atoms with Gasteiger partial charge in [-0.15, -0.1) is 0 Å². The van der Waals surface area contributed by atoms with E-state index in [9.17, 15) is 22.8 Å². The number of aromatic nitrogens is 1. The van der Waals surface area contributed by atoms with Crippen LogP contribution in [0.25, 0.3) is 11.1 Å². The van der Waals surface area contributed by atoms with Crippen LogP contribution in [0.15, 0.2) is 109 Å². The maximum absolute atomic E-state index is 13.2. The van der Waals surface area contributed by atoms with Crippen LogP contribution in [0.5, 0.6) is 0 Å². The van der Waals surface area contributed by atoms with Gasteiger partial charge in [0.2, 0.25) is 0 Å². The van der Waals surface area contributed by atoms with E-state index in [4.69, 9.17) is 0 Å². The molecule has 6 nitrogen and oxygen atoms in total. The van der Waals surface area contributed by atoms with E-state index in [0.29, 0.717) is 34.6 Å². The number of nitrogens with one attached hydrogen (secondary N) is 2. The number of benzene rings is 4. The summed E-state index contributed by atoms with van der Waals surface area (Å²) in [4.78, 5) is 28.6. The van der Waals surface area contributed by atoms with E-state index in [1.807, 2.05) is 12.1 Å². The third-order valence-electron chi connectivity index (χ3n) is 8.08. The summed E-state index contributed by atoms with van der Waals surface area (Å²) in [5.74, 6) is -0.736. The number of carbonyl (C=O) groups is 2. The molecule has 0 saturated carbocycles. The maximum atomic E-state index is 13.2.